The first-order valence-corrected chi connectivity index (χ1v) is 15.9. The fourth-order valence-corrected chi connectivity index (χ4v) is 3.78. The Labute approximate surface area is 246 Å². The molecule has 0 aliphatic carbocycles. The van der Waals surface area contributed by atoms with E-state index < -0.39 is 11.9 Å². The lowest BCUT2D eigenvalue weighted by Gasteiger charge is -1.98. The standard InChI is InChI=1S/2C18H30O2/c2*1-2-3-4-5-6-7-8-9-10-11-12-13-14-15-16-17-18(19)20/h3-4,7-10H,2,5-6,11-17H2,1H3,(H,19,20);3-6,9-10H,2,7-8,11-17H2,1H3,(H,19,20)/b4-3+,8-7+,10-9-;4-3-,6-5+,10-9-. The largest absolute Gasteiger partial charge is 0.481 e. The lowest BCUT2D eigenvalue weighted by atomic mass is 10.1. The second kappa shape index (κ2) is 36.4. The SMILES string of the molecule is CC/C=C/CC/C=C/C=C\CCCCCCCC(=O)O.CC/C=C\C=C\CC/C=C\CCCCCCCC(=O)O. The molecule has 0 amide bonds. The Morgan fingerprint density at radius 1 is 0.400 bits per heavy atom. The van der Waals surface area contributed by atoms with Crippen LogP contribution in [0.2, 0.25) is 0 Å². The molecule has 0 unspecified atom stereocenters. The first kappa shape index (κ1) is 39.5. The summed E-state index contributed by atoms with van der Waals surface area (Å²) in [6, 6.07) is 0. The lowest BCUT2D eigenvalue weighted by molar-refractivity contribution is -0.138. The highest BCUT2D eigenvalue weighted by molar-refractivity contribution is 5.66. The zero-order valence-corrected chi connectivity index (χ0v) is 25.8. The summed E-state index contributed by atoms with van der Waals surface area (Å²) < 4.78 is 0. The van der Waals surface area contributed by atoms with Gasteiger partial charge in [0.05, 0.1) is 0 Å². The minimum absolute atomic E-state index is 0.318. The highest BCUT2D eigenvalue weighted by Crippen LogP contribution is 2.09. The van der Waals surface area contributed by atoms with Crippen molar-refractivity contribution in [2.24, 2.45) is 0 Å². The van der Waals surface area contributed by atoms with Crippen molar-refractivity contribution in [2.75, 3.05) is 0 Å². The summed E-state index contributed by atoms with van der Waals surface area (Å²) in [5.74, 6) is -1.35. The van der Waals surface area contributed by atoms with Gasteiger partial charge in [0.1, 0.15) is 0 Å². The Bertz CT molecular complexity index is 725. The summed E-state index contributed by atoms with van der Waals surface area (Å²) in [5.41, 5.74) is 0. The first-order chi connectivity index (χ1) is 19.5. The molecule has 0 atom stereocenters. The maximum absolute atomic E-state index is 10.3. The molecule has 0 aliphatic rings. The number of rotatable bonds is 26. The zero-order valence-electron chi connectivity index (χ0n) is 25.8. The van der Waals surface area contributed by atoms with Crippen LogP contribution < -0.4 is 0 Å². The summed E-state index contributed by atoms with van der Waals surface area (Å²) in [7, 11) is 0. The van der Waals surface area contributed by atoms with E-state index in [2.05, 4.69) is 86.8 Å². The quantitative estimate of drug-likeness (QED) is 0.0631. The second-order valence-corrected chi connectivity index (χ2v) is 10.0. The third-order valence-corrected chi connectivity index (χ3v) is 6.09. The highest BCUT2D eigenvalue weighted by Gasteiger charge is 1.96. The average molecular weight is 557 g/mol. The number of allylic oxidation sites excluding steroid dienone is 12. The van der Waals surface area contributed by atoms with E-state index in [4.69, 9.17) is 10.2 Å². The van der Waals surface area contributed by atoms with Crippen LogP contribution in [-0.2, 0) is 9.59 Å². The number of hydrogen-bond donors (Lipinski definition) is 2. The Morgan fingerprint density at radius 2 is 0.725 bits per heavy atom. The van der Waals surface area contributed by atoms with E-state index in [-0.39, 0.29) is 0 Å². The van der Waals surface area contributed by atoms with Crippen molar-refractivity contribution in [3.05, 3.63) is 72.9 Å². The van der Waals surface area contributed by atoms with Crippen molar-refractivity contribution in [1.82, 2.24) is 0 Å². The molecular formula is C36H60O4. The van der Waals surface area contributed by atoms with E-state index >= 15 is 0 Å². The van der Waals surface area contributed by atoms with Crippen molar-refractivity contribution in [2.45, 2.75) is 142 Å². The number of carbonyl (C=O) groups is 2. The molecule has 0 aliphatic heterocycles. The molecule has 0 rings (SSSR count). The molecule has 2 N–H and O–H groups in total. The number of unbranched alkanes of at least 4 members (excludes halogenated alkanes) is 12. The van der Waals surface area contributed by atoms with Gasteiger partial charge in [-0.1, -0.05) is 125 Å². The summed E-state index contributed by atoms with van der Waals surface area (Å²) in [5, 5.41) is 17.0. The number of carboxylic acids is 2. The molecule has 0 aromatic rings. The van der Waals surface area contributed by atoms with E-state index in [9.17, 15) is 9.59 Å². The van der Waals surface area contributed by atoms with Crippen LogP contribution >= 0.6 is 0 Å². The summed E-state index contributed by atoms with van der Waals surface area (Å²) in [4.78, 5) is 20.6. The topological polar surface area (TPSA) is 74.6 Å². The molecule has 40 heavy (non-hydrogen) atoms. The minimum Gasteiger partial charge on any atom is -0.481 e. The summed E-state index contributed by atoms with van der Waals surface area (Å²) >= 11 is 0. The van der Waals surface area contributed by atoms with Crippen LogP contribution in [-0.4, -0.2) is 22.2 Å². The monoisotopic (exact) mass is 556 g/mol. The van der Waals surface area contributed by atoms with Crippen molar-refractivity contribution in [3.63, 3.8) is 0 Å². The van der Waals surface area contributed by atoms with Crippen molar-refractivity contribution < 1.29 is 19.8 Å². The third kappa shape index (κ3) is 42.5. The number of carboxylic acid groups (broad SMARTS) is 2. The average Bonchev–Trinajstić information content (AvgIpc) is 2.93. The van der Waals surface area contributed by atoms with Crippen molar-refractivity contribution >= 4 is 11.9 Å². The van der Waals surface area contributed by atoms with Crippen molar-refractivity contribution in [3.8, 4) is 0 Å². The minimum atomic E-state index is -0.676. The predicted octanol–water partition coefficient (Wildman–Crippen LogP) is 11.3. The molecule has 0 aromatic heterocycles. The van der Waals surface area contributed by atoms with Gasteiger partial charge in [0.15, 0.2) is 0 Å². The van der Waals surface area contributed by atoms with Crippen LogP contribution in [0.25, 0.3) is 0 Å². The third-order valence-electron chi connectivity index (χ3n) is 6.09. The normalized spacial score (nSPS) is 12.1. The van der Waals surface area contributed by atoms with Gasteiger partial charge in [-0.3, -0.25) is 9.59 Å². The van der Waals surface area contributed by atoms with Crippen molar-refractivity contribution in [1.29, 1.82) is 0 Å². The molecule has 0 bridgehead atoms. The van der Waals surface area contributed by atoms with Gasteiger partial charge < -0.3 is 10.2 Å². The maximum atomic E-state index is 10.3. The van der Waals surface area contributed by atoms with E-state index in [1.165, 1.54) is 25.7 Å². The van der Waals surface area contributed by atoms with Gasteiger partial charge in [0.2, 0.25) is 0 Å². The Hall–Kier alpha value is -2.62. The molecule has 0 spiro atoms. The van der Waals surface area contributed by atoms with Gasteiger partial charge in [-0.05, 0) is 77.0 Å². The zero-order chi connectivity index (χ0) is 29.8. The van der Waals surface area contributed by atoms with Crippen LogP contribution in [0.15, 0.2) is 72.9 Å². The molecule has 0 saturated heterocycles. The van der Waals surface area contributed by atoms with Gasteiger partial charge in [-0.2, -0.15) is 0 Å². The van der Waals surface area contributed by atoms with Gasteiger partial charge in [0, 0.05) is 12.8 Å². The number of aliphatic carboxylic acids is 2. The maximum Gasteiger partial charge on any atom is 0.303 e. The highest BCUT2D eigenvalue weighted by atomic mass is 16.4. The molecule has 4 heteroatoms. The molecule has 0 aromatic carbocycles. The predicted molar refractivity (Wildman–Crippen MR) is 174 cm³/mol. The van der Waals surface area contributed by atoms with E-state index in [0.717, 1.165) is 89.9 Å². The van der Waals surface area contributed by atoms with Crippen LogP contribution in [0.3, 0.4) is 0 Å². The van der Waals surface area contributed by atoms with Crippen LogP contribution in [0.5, 0.6) is 0 Å². The van der Waals surface area contributed by atoms with Gasteiger partial charge >= 0.3 is 11.9 Å². The van der Waals surface area contributed by atoms with Gasteiger partial charge in [0.25, 0.3) is 0 Å². The Balaban J connectivity index is 0. The Kier molecular flexibility index (Phi) is 35.9. The van der Waals surface area contributed by atoms with E-state index in [1.54, 1.807) is 0 Å². The van der Waals surface area contributed by atoms with Crippen LogP contribution in [0.1, 0.15) is 142 Å². The molecule has 0 saturated carbocycles. The lowest BCUT2D eigenvalue weighted by Crippen LogP contribution is -1.93. The van der Waals surface area contributed by atoms with E-state index in [1.807, 2.05) is 0 Å². The fourth-order valence-electron chi connectivity index (χ4n) is 3.78. The van der Waals surface area contributed by atoms with Gasteiger partial charge in [-0.25, -0.2) is 0 Å². The summed E-state index contributed by atoms with van der Waals surface area (Å²) in [6.45, 7) is 4.29. The second-order valence-electron chi connectivity index (χ2n) is 10.0. The van der Waals surface area contributed by atoms with Crippen LogP contribution in [0.4, 0.5) is 0 Å². The molecule has 228 valence electrons. The first-order valence-electron chi connectivity index (χ1n) is 15.9. The molecule has 0 fully saturated rings. The van der Waals surface area contributed by atoms with Crippen LogP contribution in [0, 0.1) is 0 Å². The molecular weight excluding hydrogens is 496 g/mol. The number of hydrogen-bond acceptors (Lipinski definition) is 2. The summed E-state index contributed by atoms with van der Waals surface area (Å²) in [6.07, 6.45) is 46.8. The molecule has 0 radical (unpaired) electrons. The van der Waals surface area contributed by atoms with E-state index in [0.29, 0.717) is 12.8 Å². The Morgan fingerprint density at radius 3 is 1.20 bits per heavy atom. The fraction of sp³-hybridized carbons (Fsp3) is 0.611. The van der Waals surface area contributed by atoms with Gasteiger partial charge in [-0.15, -0.1) is 0 Å². The molecule has 0 heterocycles. The molecule has 4 nitrogen and oxygen atoms in total. The smallest absolute Gasteiger partial charge is 0.303 e.